The minimum atomic E-state index is -4.08. The van der Waals surface area contributed by atoms with Crippen molar-refractivity contribution in [3.8, 4) is 11.8 Å². The number of aryl methyl sites for hydroxylation is 1. The predicted molar refractivity (Wildman–Crippen MR) is 136 cm³/mol. The summed E-state index contributed by atoms with van der Waals surface area (Å²) in [7, 11) is -2.59. The zero-order chi connectivity index (χ0) is 26.6. The highest BCUT2D eigenvalue weighted by molar-refractivity contribution is 7.89. The fourth-order valence-electron chi connectivity index (χ4n) is 4.26. The normalized spacial score (nSPS) is 12.5. The summed E-state index contributed by atoms with van der Waals surface area (Å²) < 4.78 is 40.9. The number of nitriles is 1. The molecule has 0 saturated carbocycles. The molecule has 0 bridgehead atoms. The lowest BCUT2D eigenvalue weighted by atomic mass is 10.1. The van der Waals surface area contributed by atoms with E-state index in [-0.39, 0.29) is 46.9 Å². The lowest BCUT2D eigenvalue weighted by Crippen LogP contribution is -2.39. The van der Waals surface area contributed by atoms with Crippen molar-refractivity contribution in [2.75, 3.05) is 13.7 Å². The molecule has 1 atom stereocenters. The largest absolute Gasteiger partial charge is 0.497 e. The molecule has 0 N–H and O–H groups in total. The second kappa shape index (κ2) is 10.9. The van der Waals surface area contributed by atoms with Crippen LogP contribution in [-0.4, -0.2) is 41.1 Å². The summed E-state index contributed by atoms with van der Waals surface area (Å²) in [6, 6.07) is 16.5. The van der Waals surface area contributed by atoms with Crippen molar-refractivity contribution >= 4 is 21.1 Å². The number of hydrogen-bond acceptors (Lipinski definition) is 8. The van der Waals surface area contributed by atoms with Crippen LogP contribution in [0.4, 0.5) is 0 Å². The number of fused-ring (bicyclic) bond motifs is 1. The first-order valence-corrected chi connectivity index (χ1v) is 13.2. The molecule has 2 aromatic carbocycles. The van der Waals surface area contributed by atoms with Crippen LogP contribution in [-0.2, 0) is 16.6 Å². The molecule has 10 nitrogen and oxygen atoms in total. The van der Waals surface area contributed by atoms with Crippen LogP contribution >= 0.6 is 0 Å². The predicted octanol–water partition coefficient (Wildman–Crippen LogP) is 3.81. The van der Waals surface area contributed by atoms with Gasteiger partial charge in [-0.1, -0.05) is 42.4 Å². The molecule has 0 radical (unpaired) electrons. The number of benzene rings is 2. The molecule has 11 heteroatoms. The molecular formula is C26H27N5O5S. The van der Waals surface area contributed by atoms with E-state index in [1.165, 1.54) is 28.1 Å². The van der Waals surface area contributed by atoms with Crippen LogP contribution in [0.1, 0.15) is 42.9 Å². The second-order valence-corrected chi connectivity index (χ2v) is 10.3. The zero-order valence-electron chi connectivity index (χ0n) is 20.8. The fourth-order valence-corrected chi connectivity index (χ4v) is 5.92. The maximum atomic E-state index is 13.9. The van der Waals surface area contributed by atoms with Gasteiger partial charge in [0.2, 0.25) is 10.0 Å². The van der Waals surface area contributed by atoms with Gasteiger partial charge < -0.3 is 9.26 Å². The molecular weight excluding hydrogens is 494 g/mol. The number of methoxy groups -OCH3 is 1. The Labute approximate surface area is 214 Å². The van der Waals surface area contributed by atoms with Gasteiger partial charge in [-0.25, -0.2) is 8.42 Å². The highest BCUT2D eigenvalue weighted by Gasteiger charge is 2.35. The van der Waals surface area contributed by atoms with Crippen LogP contribution in [0, 0.1) is 18.3 Å². The number of aromatic nitrogens is 3. The average Bonchev–Trinajstić information content (AvgIpc) is 3.29. The number of sulfonamides is 1. The summed E-state index contributed by atoms with van der Waals surface area (Å²) in [6.07, 6.45) is 0.249. The number of hydrogen-bond donors (Lipinski definition) is 0. The van der Waals surface area contributed by atoms with Crippen LogP contribution in [0.2, 0.25) is 0 Å². The first kappa shape index (κ1) is 26.1. The van der Waals surface area contributed by atoms with Gasteiger partial charge in [0, 0.05) is 13.0 Å². The maximum absolute atomic E-state index is 13.9. The Morgan fingerprint density at radius 3 is 2.49 bits per heavy atom. The van der Waals surface area contributed by atoms with E-state index in [4.69, 9.17) is 9.26 Å². The van der Waals surface area contributed by atoms with E-state index >= 15 is 0 Å². The lowest BCUT2D eigenvalue weighted by Gasteiger charge is -2.30. The van der Waals surface area contributed by atoms with Crippen molar-refractivity contribution in [3.63, 3.8) is 0 Å². The molecule has 0 spiro atoms. The molecule has 0 aliphatic rings. The standard InChI is InChI=1S/C26H27N5O5S/c1-4-22(31(16-8-15-27)37(33,34)21-13-11-20(35-3)12-14-21)24-28-25-23(18(2)29-36-25)26(32)30(24)17-19-9-6-5-7-10-19/h5-7,9-14,22H,4,8,16-17H2,1-3H3. The minimum Gasteiger partial charge on any atom is -0.497 e. The van der Waals surface area contributed by atoms with Gasteiger partial charge >= 0.3 is 0 Å². The van der Waals surface area contributed by atoms with Crippen LogP contribution in [0.5, 0.6) is 5.75 Å². The van der Waals surface area contributed by atoms with E-state index in [9.17, 15) is 18.5 Å². The van der Waals surface area contributed by atoms with Crippen molar-refractivity contribution in [1.29, 1.82) is 5.26 Å². The molecule has 4 aromatic rings. The Morgan fingerprint density at radius 1 is 1.16 bits per heavy atom. The van der Waals surface area contributed by atoms with Crippen molar-refractivity contribution in [2.24, 2.45) is 0 Å². The van der Waals surface area contributed by atoms with Gasteiger partial charge in [-0.05, 0) is 43.2 Å². The van der Waals surface area contributed by atoms with Crippen molar-refractivity contribution in [1.82, 2.24) is 19.0 Å². The van der Waals surface area contributed by atoms with Crippen LogP contribution in [0.3, 0.4) is 0 Å². The minimum absolute atomic E-state index is 0.0400. The summed E-state index contributed by atoms with van der Waals surface area (Å²) in [6.45, 7) is 3.56. The molecule has 1 unspecified atom stereocenters. The van der Waals surface area contributed by atoms with E-state index in [1.54, 1.807) is 19.1 Å². The van der Waals surface area contributed by atoms with Gasteiger partial charge in [-0.3, -0.25) is 9.36 Å². The average molecular weight is 522 g/mol. The molecule has 0 aliphatic heterocycles. The van der Waals surface area contributed by atoms with E-state index in [0.717, 1.165) is 5.56 Å². The Morgan fingerprint density at radius 2 is 1.86 bits per heavy atom. The van der Waals surface area contributed by atoms with Gasteiger partial charge in [-0.15, -0.1) is 0 Å². The molecule has 2 aromatic heterocycles. The van der Waals surface area contributed by atoms with E-state index in [0.29, 0.717) is 17.9 Å². The molecule has 192 valence electrons. The van der Waals surface area contributed by atoms with Crippen LogP contribution in [0.25, 0.3) is 11.1 Å². The monoisotopic (exact) mass is 521 g/mol. The molecule has 0 saturated heterocycles. The van der Waals surface area contributed by atoms with Crippen LogP contribution in [0.15, 0.2) is 68.8 Å². The van der Waals surface area contributed by atoms with Gasteiger partial charge in [0.05, 0.1) is 36.4 Å². The number of ether oxygens (including phenoxy) is 1. The SMILES string of the molecule is CCC(c1nc2onc(C)c2c(=O)n1Cc1ccccc1)N(CCC#N)S(=O)(=O)c1ccc(OC)cc1. The highest BCUT2D eigenvalue weighted by Crippen LogP contribution is 2.31. The summed E-state index contributed by atoms with van der Waals surface area (Å²) in [5.41, 5.74) is 0.920. The van der Waals surface area contributed by atoms with Crippen molar-refractivity contribution in [2.45, 2.75) is 44.2 Å². The third kappa shape index (κ3) is 5.12. The van der Waals surface area contributed by atoms with Gasteiger partial charge in [0.15, 0.2) is 0 Å². The fraction of sp³-hybridized carbons (Fsp3) is 0.308. The van der Waals surface area contributed by atoms with E-state index < -0.39 is 16.1 Å². The molecule has 37 heavy (non-hydrogen) atoms. The third-order valence-electron chi connectivity index (χ3n) is 6.12. The summed E-state index contributed by atoms with van der Waals surface area (Å²) in [5.74, 6) is 0.731. The molecule has 0 fully saturated rings. The molecule has 0 aliphatic carbocycles. The quantitative estimate of drug-likeness (QED) is 0.308. The summed E-state index contributed by atoms with van der Waals surface area (Å²) >= 11 is 0. The highest BCUT2D eigenvalue weighted by atomic mass is 32.2. The second-order valence-electron chi connectivity index (χ2n) is 8.42. The smallest absolute Gasteiger partial charge is 0.267 e. The first-order valence-electron chi connectivity index (χ1n) is 11.7. The lowest BCUT2D eigenvalue weighted by molar-refractivity contribution is 0.299. The van der Waals surface area contributed by atoms with Gasteiger partial charge in [0.25, 0.3) is 11.3 Å². The Hall–Kier alpha value is -4.01. The Balaban J connectivity index is 1.91. The number of nitrogens with zero attached hydrogens (tertiary/aromatic N) is 5. The van der Waals surface area contributed by atoms with Crippen molar-refractivity contribution in [3.05, 3.63) is 82.0 Å². The number of rotatable bonds is 10. The Bertz CT molecular complexity index is 1590. The molecule has 0 amide bonds. The first-order chi connectivity index (χ1) is 17.8. The topological polar surface area (TPSA) is 131 Å². The molecule has 2 heterocycles. The third-order valence-corrected chi connectivity index (χ3v) is 8.04. The van der Waals surface area contributed by atoms with Gasteiger partial charge in [-0.2, -0.15) is 14.6 Å². The Kier molecular flexibility index (Phi) is 7.71. The van der Waals surface area contributed by atoms with E-state index in [1.807, 2.05) is 43.3 Å². The summed E-state index contributed by atoms with van der Waals surface area (Å²) in [4.78, 5) is 18.3. The zero-order valence-corrected chi connectivity index (χ0v) is 21.6. The van der Waals surface area contributed by atoms with Crippen LogP contribution < -0.4 is 10.3 Å². The molecule has 4 rings (SSSR count). The van der Waals surface area contributed by atoms with Gasteiger partial charge in [0.1, 0.15) is 17.0 Å². The van der Waals surface area contributed by atoms with Crippen molar-refractivity contribution < 1.29 is 17.7 Å². The maximum Gasteiger partial charge on any atom is 0.267 e. The van der Waals surface area contributed by atoms with E-state index in [2.05, 4.69) is 10.1 Å². The summed E-state index contributed by atoms with van der Waals surface area (Å²) in [5, 5.41) is 13.4.